The number of ether oxygens (including phenoxy) is 1. The number of halogens is 1. The van der Waals surface area contributed by atoms with Crippen LogP contribution in [0.1, 0.15) is 30.2 Å². The number of rotatable bonds is 5. The smallest absolute Gasteiger partial charge is 0.253 e. The van der Waals surface area contributed by atoms with Gasteiger partial charge in [0.25, 0.3) is 5.91 Å². The number of amides is 1. The van der Waals surface area contributed by atoms with Gasteiger partial charge in [-0.05, 0) is 42.3 Å². The molecular weight excluding hydrogens is 302 g/mol. The zero-order valence-corrected chi connectivity index (χ0v) is 13.2. The summed E-state index contributed by atoms with van der Waals surface area (Å²) in [4.78, 5) is 12.2. The van der Waals surface area contributed by atoms with Crippen molar-refractivity contribution in [3.63, 3.8) is 0 Å². The molecule has 2 unspecified atom stereocenters. The molecule has 22 heavy (non-hydrogen) atoms. The lowest BCUT2D eigenvalue weighted by Gasteiger charge is -2.18. The molecule has 0 radical (unpaired) electrons. The lowest BCUT2D eigenvalue weighted by atomic mass is 10.1. The number of nitrogens with one attached hydrogen (secondary N) is 1. The number of benzene rings is 2. The highest BCUT2D eigenvalue weighted by Crippen LogP contribution is 2.21. The van der Waals surface area contributed by atoms with Crippen LogP contribution >= 0.6 is 11.6 Å². The molecule has 4 nitrogen and oxygen atoms in total. The van der Waals surface area contributed by atoms with E-state index in [2.05, 4.69) is 5.32 Å². The summed E-state index contributed by atoms with van der Waals surface area (Å²) in [7, 11) is 1.54. The van der Waals surface area contributed by atoms with E-state index in [0.29, 0.717) is 16.3 Å². The summed E-state index contributed by atoms with van der Waals surface area (Å²) in [5, 5.41) is 13.6. The van der Waals surface area contributed by atoms with Gasteiger partial charge in [-0.1, -0.05) is 35.9 Å². The van der Waals surface area contributed by atoms with E-state index in [1.54, 1.807) is 36.4 Å². The van der Waals surface area contributed by atoms with Crippen LogP contribution in [0.15, 0.2) is 48.5 Å². The third kappa shape index (κ3) is 4.00. The molecule has 0 heterocycles. The van der Waals surface area contributed by atoms with E-state index in [1.807, 2.05) is 19.1 Å². The molecule has 1 amide bonds. The lowest BCUT2D eigenvalue weighted by Crippen LogP contribution is -2.31. The Bertz CT molecular complexity index is 643. The third-order valence-corrected chi connectivity index (χ3v) is 3.64. The molecule has 2 rings (SSSR count). The van der Waals surface area contributed by atoms with Gasteiger partial charge in [0.1, 0.15) is 5.75 Å². The van der Waals surface area contributed by atoms with Crippen molar-refractivity contribution in [2.24, 2.45) is 0 Å². The standard InChI is InChI=1S/C17H18ClNO3/c1-11(12-6-8-14(18)9-7-12)19-17(21)16(20)13-4-3-5-15(10-13)22-2/h3-11,16,20H,1-2H3,(H,19,21). The van der Waals surface area contributed by atoms with Gasteiger partial charge in [-0.15, -0.1) is 0 Å². The summed E-state index contributed by atoms with van der Waals surface area (Å²) in [6, 6.07) is 13.8. The van der Waals surface area contributed by atoms with Crippen molar-refractivity contribution in [3.05, 3.63) is 64.7 Å². The summed E-state index contributed by atoms with van der Waals surface area (Å²) in [6.07, 6.45) is -1.25. The molecule has 0 saturated carbocycles. The molecule has 116 valence electrons. The van der Waals surface area contributed by atoms with Gasteiger partial charge in [0.15, 0.2) is 6.10 Å². The Hall–Kier alpha value is -2.04. The van der Waals surface area contributed by atoms with Crippen LogP contribution < -0.4 is 10.1 Å². The molecule has 0 aromatic heterocycles. The van der Waals surface area contributed by atoms with Crippen LogP contribution in [0.5, 0.6) is 5.75 Å². The minimum atomic E-state index is -1.25. The monoisotopic (exact) mass is 319 g/mol. The number of hydrogen-bond acceptors (Lipinski definition) is 3. The van der Waals surface area contributed by atoms with Gasteiger partial charge < -0.3 is 15.2 Å². The van der Waals surface area contributed by atoms with Crippen LogP contribution in [0, 0.1) is 0 Å². The minimum Gasteiger partial charge on any atom is -0.497 e. The highest BCUT2D eigenvalue weighted by molar-refractivity contribution is 6.30. The highest BCUT2D eigenvalue weighted by Gasteiger charge is 2.20. The number of carbonyl (C=O) groups is 1. The van der Waals surface area contributed by atoms with Crippen molar-refractivity contribution in [2.75, 3.05) is 7.11 Å². The van der Waals surface area contributed by atoms with Gasteiger partial charge in [0.2, 0.25) is 0 Å². The maximum Gasteiger partial charge on any atom is 0.253 e. The number of hydrogen-bond donors (Lipinski definition) is 2. The zero-order valence-electron chi connectivity index (χ0n) is 12.4. The second kappa shape index (κ2) is 7.29. The molecule has 2 aromatic carbocycles. The van der Waals surface area contributed by atoms with E-state index in [4.69, 9.17) is 16.3 Å². The first-order valence-electron chi connectivity index (χ1n) is 6.89. The second-order valence-electron chi connectivity index (χ2n) is 4.96. The van der Waals surface area contributed by atoms with Crippen LogP contribution in [0.2, 0.25) is 5.02 Å². The van der Waals surface area contributed by atoms with Crippen LogP contribution in [0.3, 0.4) is 0 Å². The molecule has 0 aliphatic rings. The molecule has 0 saturated heterocycles. The van der Waals surface area contributed by atoms with Crippen molar-refractivity contribution in [2.45, 2.75) is 19.1 Å². The highest BCUT2D eigenvalue weighted by atomic mass is 35.5. The van der Waals surface area contributed by atoms with E-state index in [9.17, 15) is 9.90 Å². The molecule has 0 aliphatic carbocycles. The molecule has 5 heteroatoms. The summed E-state index contributed by atoms with van der Waals surface area (Å²) in [5.74, 6) is 0.130. The fraction of sp³-hybridized carbons (Fsp3) is 0.235. The number of aliphatic hydroxyl groups is 1. The Kier molecular flexibility index (Phi) is 5.41. The first-order chi connectivity index (χ1) is 10.5. The largest absolute Gasteiger partial charge is 0.497 e. The number of methoxy groups -OCH3 is 1. The maximum atomic E-state index is 12.2. The molecule has 2 atom stereocenters. The van der Waals surface area contributed by atoms with Gasteiger partial charge in [0.05, 0.1) is 13.2 Å². The average Bonchev–Trinajstić information content (AvgIpc) is 2.54. The predicted molar refractivity (Wildman–Crippen MR) is 86.0 cm³/mol. The van der Waals surface area contributed by atoms with Gasteiger partial charge >= 0.3 is 0 Å². The first-order valence-corrected chi connectivity index (χ1v) is 7.27. The van der Waals surface area contributed by atoms with Crippen molar-refractivity contribution in [1.29, 1.82) is 0 Å². The van der Waals surface area contributed by atoms with E-state index in [-0.39, 0.29) is 6.04 Å². The van der Waals surface area contributed by atoms with Crippen molar-refractivity contribution in [1.82, 2.24) is 5.32 Å². The van der Waals surface area contributed by atoms with Gasteiger partial charge in [-0.2, -0.15) is 0 Å². The molecular formula is C17H18ClNO3. The number of aliphatic hydroxyl groups excluding tert-OH is 1. The van der Waals surface area contributed by atoms with Crippen LogP contribution in [-0.4, -0.2) is 18.1 Å². The summed E-state index contributed by atoms with van der Waals surface area (Å²) < 4.78 is 5.09. The van der Waals surface area contributed by atoms with E-state index in [1.165, 1.54) is 7.11 Å². The Morgan fingerprint density at radius 3 is 2.50 bits per heavy atom. The topological polar surface area (TPSA) is 58.6 Å². The Balaban J connectivity index is 2.05. The predicted octanol–water partition coefficient (Wildman–Crippen LogP) is 3.26. The summed E-state index contributed by atoms with van der Waals surface area (Å²) in [6.45, 7) is 1.85. The molecule has 0 spiro atoms. The van der Waals surface area contributed by atoms with E-state index in [0.717, 1.165) is 5.56 Å². The molecule has 0 aliphatic heterocycles. The fourth-order valence-corrected chi connectivity index (χ4v) is 2.22. The van der Waals surface area contributed by atoms with Crippen molar-refractivity contribution in [3.8, 4) is 5.75 Å². The van der Waals surface area contributed by atoms with E-state index < -0.39 is 12.0 Å². The van der Waals surface area contributed by atoms with Crippen LogP contribution in [0.25, 0.3) is 0 Å². The molecule has 2 N–H and O–H groups in total. The average molecular weight is 320 g/mol. The van der Waals surface area contributed by atoms with Crippen LogP contribution in [-0.2, 0) is 4.79 Å². The quantitative estimate of drug-likeness (QED) is 0.889. The first kappa shape index (κ1) is 16.3. The Labute approximate surface area is 134 Å². The minimum absolute atomic E-state index is 0.231. The van der Waals surface area contributed by atoms with Gasteiger partial charge in [0, 0.05) is 5.02 Å². The summed E-state index contributed by atoms with van der Waals surface area (Å²) >= 11 is 5.84. The summed E-state index contributed by atoms with van der Waals surface area (Å²) in [5.41, 5.74) is 1.40. The second-order valence-corrected chi connectivity index (χ2v) is 5.40. The van der Waals surface area contributed by atoms with Crippen LogP contribution in [0.4, 0.5) is 0 Å². The van der Waals surface area contributed by atoms with Gasteiger partial charge in [-0.25, -0.2) is 0 Å². The fourth-order valence-electron chi connectivity index (χ4n) is 2.09. The Morgan fingerprint density at radius 1 is 1.18 bits per heavy atom. The SMILES string of the molecule is COc1cccc(C(O)C(=O)NC(C)c2ccc(Cl)cc2)c1. The molecule has 0 fully saturated rings. The molecule has 2 aromatic rings. The van der Waals surface area contributed by atoms with E-state index >= 15 is 0 Å². The maximum absolute atomic E-state index is 12.2. The zero-order chi connectivity index (χ0) is 16.1. The van der Waals surface area contributed by atoms with Gasteiger partial charge in [-0.3, -0.25) is 4.79 Å². The molecule has 0 bridgehead atoms. The van der Waals surface area contributed by atoms with Crippen molar-refractivity contribution >= 4 is 17.5 Å². The van der Waals surface area contributed by atoms with Crippen molar-refractivity contribution < 1.29 is 14.6 Å². The lowest BCUT2D eigenvalue weighted by molar-refractivity contribution is -0.130. The third-order valence-electron chi connectivity index (χ3n) is 3.39. The Morgan fingerprint density at radius 2 is 1.86 bits per heavy atom. The number of carbonyl (C=O) groups excluding carboxylic acids is 1. The normalized spacial score (nSPS) is 13.3.